The van der Waals surface area contributed by atoms with Crippen LogP contribution in [0, 0.1) is 12.7 Å². The first-order chi connectivity index (χ1) is 14.5. The zero-order valence-electron chi connectivity index (χ0n) is 17.8. The summed E-state index contributed by atoms with van der Waals surface area (Å²) in [5.74, 6) is -1.06. The van der Waals surface area contributed by atoms with Gasteiger partial charge in [0, 0.05) is 18.0 Å². The molecule has 0 aromatic heterocycles. The number of amides is 1. The number of halogens is 1. The number of nitrogens with zero attached hydrogens (tertiary/aromatic N) is 1. The van der Waals surface area contributed by atoms with Crippen LogP contribution in [0.15, 0.2) is 59.8 Å². The maximum Gasteiger partial charge on any atom is 0.336 e. The van der Waals surface area contributed by atoms with Crippen molar-refractivity contribution < 1.29 is 18.7 Å². The minimum absolute atomic E-state index is 0.0379. The quantitative estimate of drug-likeness (QED) is 0.586. The third kappa shape index (κ3) is 4.61. The molecule has 1 amide bonds. The molecule has 3 rings (SSSR count). The maximum absolute atomic E-state index is 13.3. The van der Waals surface area contributed by atoms with Crippen LogP contribution in [-0.2, 0) is 20.9 Å². The van der Waals surface area contributed by atoms with Crippen LogP contribution in [0.3, 0.4) is 0 Å². The molecular weight excluding hydrogens is 381 g/mol. The van der Waals surface area contributed by atoms with E-state index in [-0.39, 0.29) is 36.6 Å². The van der Waals surface area contributed by atoms with Crippen molar-refractivity contribution in [2.24, 2.45) is 0 Å². The Morgan fingerprint density at radius 1 is 1.13 bits per heavy atom. The van der Waals surface area contributed by atoms with Gasteiger partial charge in [0.25, 0.3) is 0 Å². The summed E-state index contributed by atoms with van der Waals surface area (Å²) >= 11 is 0. The van der Waals surface area contributed by atoms with Crippen LogP contribution >= 0.6 is 0 Å². The second kappa shape index (κ2) is 9.70. The average Bonchev–Trinajstić information content (AvgIpc) is 2.72. The number of aryl methyl sites for hydroxylation is 1. The first kappa shape index (κ1) is 21.8. The molecule has 0 aliphatic carbocycles. The van der Waals surface area contributed by atoms with Crippen molar-refractivity contribution in [3.8, 4) is 0 Å². The van der Waals surface area contributed by atoms with Crippen molar-refractivity contribution in [1.82, 2.24) is 4.90 Å². The van der Waals surface area contributed by atoms with Crippen LogP contribution in [0.5, 0.6) is 0 Å². The minimum Gasteiger partial charge on any atom is -0.463 e. The Kier molecular flexibility index (Phi) is 7.03. The highest BCUT2D eigenvalue weighted by molar-refractivity contribution is 5.96. The van der Waals surface area contributed by atoms with Crippen molar-refractivity contribution in [2.45, 2.75) is 52.5 Å². The molecule has 2 aromatic carbocycles. The molecule has 1 aliphatic rings. The highest BCUT2D eigenvalue weighted by Crippen LogP contribution is 2.40. The highest BCUT2D eigenvalue weighted by Gasteiger charge is 2.38. The summed E-state index contributed by atoms with van der Waals surface area (Å²) in [6.07, 6.45) is 1.57. The fraction of sp³-hybridized carbons (Fsp3) is 0.360. The summed E-state index contributed by atoms with van der Waals surface area (Å²) in [5, 5.41) is 0. The molecule has 1 heterocycles. The van der Waals surface area contributed by atoms with E-state index < -0.39 is 0 Å². The second-order valence-corrected chi connectivity index (χ2v) is 7.55. The topological polar surface area (TPSA) is 46.6 Å². The van der Waals surface area contributed by atoms with Gasteiger partial charge in [-0.05, 0) is 49.1 Å². The number of ether oxygens (including phenoxy) is 1. The fourth-order valence-electron chi connectivity index (χ4n) is 4.06. The molecule has 1 unspecified atom stereocenters. The second-order valence-electron chi connectivity index (χ2n) is 7.55. The predicted octanol–water partition coefficient (Wildman–Crippen LogP) is 5.27. The first-order valence-corrected chi connectivity index (χ1v) is 10.5. The Bertz CT molecular complexity index is 949. The van der Waals surface area contributed by atoms with Crippen molar-refractivity contribution >= 4 is 11.9 Å². The molecule has 0 fully saturated rings. The summed E-state index contributed by atoms with van der Waals surface area (Å²) in [6.45, 7) is 6.37. The van der Waals surface area contributed by atoms with Crippen LogP contribution in [0.25, 0.3) is 0 Å². The maximum atomic E-state index is 13.3. The molecule has 30 heavy (non-hydrogen) atoms. The lowest BCUT2D eigenvalue weighted by atomic mass is 9.81. The Morgan fingerprint density at radius 2 is 1.83 bits per heavy atom. The lowest BCUT2D eigenvalue weighted by Gasteiger charge is -2.36. The summed E-state index contributed by atoms with van der Waals surface area (Å²) in [6, 6.07) is 14.0. The molecule has 0 radical (unpaired) electrons. The average molecular weight is 410 g/mol. The minimum atomic E-state index is -0.370. The standard InChI is InChI=1S/C25H28FNO3/c1-4-8-22-24(25(29)30-5-2)21(20-10-7-6-9-17(20)3)15-23(28)27(22)16-18-11-13-19(26)14-12-18/h6-7,9-14,21H,4-5,8,15-16H2,1-3H3. The van der Waals surface area contributed by atoms with Gasteiger partial charge in [0.05, 0.1) is 18.7 Å². The van der Waals surface area contributed by atoms with Crippen LogP contribution in [-0.4, -0.2) is 23.4 Å². The number of carbonyl (C=O) groups is 2. The van der Waals surface area contributed by atoms with E-state index >= 15 is 0 Å². The fourth-order valence-corrected chi connectivity index (χ4v) is 4.06. The van der Waals surface area contributed by atoms with Crippen molar-refractivity contribution in [1.29, 1.82) is 0 Å². The summed E-state index contributed by atoms with van der Waals surface area (Å²) in [7, 11) is 0. The Morgan fingerprint density at radius 3 is 2.47 bits per heavy atom. The highest BCUT2D eigenvalue weighted by atomic mass is 19.1. The number of allylic oxidation sites excluding steroid dienone is 1. The monoisotopic (exact) mass is 409 g/mol. The molecular formula is C25H28FNO3. The van der Waals surface area contributed by atoms with Crippen molar-refractivity contribution in [2.75, 3.05) is 6.61 Å². The molecule has 0 bridgehead atoms. The molecule has 0 N–H and O–H groups in total. The van der Waals surface area contributed by atoms with Gasteiger partial charge in [-0.25, -0.2) is 9.18 Å². The van der Waals surface area contributed by atoms with E-state index in [9.17, 15) is 14.0 Å². The van der Waals surface area contributed by atoms with Gasteiger partial charge in [0.1, 0.15) is 5.82 Å². The molecule has 5 heteroatoms. The first-order valence-electron chi connectivity index (χ1n) is 10.5. The molecule has 1 aliphatic heterocycles. The molecule has 0 saturated heterocycles. The van der Waals surface area contributed by atoms with Crippen molar-refractivity contribution in [3.63, 3.8) is 0 Å². The lowest BCUT2D eigenvalue weighted by Crippen LogP contribution is -2.39. The number of benzene rings is 2. The van der Waals surface area contributed by atoms with Crippen LogP contribution < -0.4 is 0 Å². The smallest absolute Gasteiger partial charge is 0.336 e. The van der Waals surface area contributed by atoms with Gasteiger partial charge >= 0.3 is 5.97 Å². The van der Waals surface area contributed by atoms with Gasteiger partial charge in [0.2, 0.25) is 5.91 Å². The Labute approximate surface area is 177 Å². The van der Waals surface area contributed by atoms with E-state index in [1.807, 2.05) is 38.1 Å². The summed E-state index contributed by atoms with van der Waals surface area (Å²) in [4.78, 5) is 28.0. The molecule has 2 aromatic rings. The third-order valence-electron chi connectivity index (χ3n) is 5.46. The van der Waals surface area contributed by atoms with Gasteiger partial charge in [-0.3, -0.25) is 4.79 Å². The van der Waals surface area contributed by atoms with Gasteiger partial charge in [0.15, 0.2) is 0 Å². The molecule has 158 valence electrons. The predicted molar refractivity (Wildman–Crippen MR) is 114 cm³/mol. The van der Waals surface area contributed by atoms with E-state index in [4.69, 9.17) is 4.74 Å². The van der Waals surface area contributed by atoms with Crippen LogP contribution in [0.4, 0.5) is 4.39 Å². The number of carbonyl (C=O) groups excluding carboxylic acids is 2. The largest absolute Gasteiger partial charge is 0.463 e. The van der Waals surface area contributed by atoms with E-state index in [1.54, 1.807) is 24.0 Å². The molecule has 0 spiro atoms. The number of rotatable bonds is 7. The molecule has 4 nitrogen and oxygen atoms in total. The van der Waals surface area contributed by atoms with Gasteiger partial charge < -0.3 is 9.64 Å². The van der Waals surface area contributed by atoms with Crippen molar-refractivity contribution in [3.05, 3.63) is 82.3 Å². The lowest BCUT2D eigenvalue weighted by molar-refractivity contribution is -0.140. The third-order valence-corrected chi connectivity index (χ3v) is 5.46. The molecule has 0 saturated carbocycles. The number of hydrogen-bond acceptors (Lipinski definition) is 3. The van der Waals surface area contributed by atoms with Gasteiger partial charge in [-0.1, -0.05) is 49.7 Å². The Balaban J connectivity index is 2.11. The van der Waals surface area contributed by atoms with Gasteiger partial charge in [-0.15, -0.1) is 0 Å². The van der Waals surface area contributed by atoms with E-state index in [0.29, 0.717) is 24.2 Å². The normalized spacial score (nSPS) is 16.7. The van der Waals surface area contributed by atoms with E-state index in [0.717, 1.165) is 23.1 Å². The SMILES string of the molecule is CCCC1=C(C(=O)OCC)C(c2ccccc2C)CC(=O)N1Cc1ccc(F)cc1. The van der Waals surface area contributed by atoms with Crippen LogP contribution in [0.1, 0.15) is 55.7 Å². The van der Waals surface area contributed by atoms with E-state index in [1.165, 1.54) is 12.1 Å². The van der Waals surface area contributed by atoms with E-state index in [2.05, 4.69) is 0 Å². The Hall–Kier alpha value is -2.95. The molecule has 1 atom stereocenters. The summed E-state index contributed by atoms with van der Waals surface area (Å²) < 4.78 is 18.7. The van der Waals surface area contributed by atoms with Crippen LogP contribution in [0.2, 0.25) is 0 Å². The van der Waals surface area contributed by atoms with Gasteiger partial charge in [-0.2, -0.15) is 0 Å². The zero-order chi connectivity index (χ0) is 21.7. The summed E-state index contributed by atoms with van der Waals surface area (Å²) in [5.41, 5.74) is 4.11. The number of hydrogen-bond donors (Lipinski definition) is 0. The number of esters is 1. The zero-order valence-corrected chi connectivity index (χ0v) is 17.8.